The topological polar surface area (TPSA) is 54.8 Å². The average Bonchev–Trinajstić information content (AvgIpc) is 2.46. The maximum atomic E-state index is 14.0. The summed E-state index contributed by atoms with van der Waals surface area (Å²) in [6.45, 7) is 0. The lowest BCUT2D eigenvalue weighted by molar-refractivity contribution is 0.627. The van der Waals surface area contributed by atoms with E-state index in [1.54, 1.807) is 12.1 Å². The first kappa shape index (κ1) is 14.7. The number of aromatic nitrogens is 4. The number of hydrogen-bond acceptors (Lipinski definition) is 7. The van der Waals surface area contributed by atoms with E-state index in [1.165, 1.54) is 26.9 Å². The monoisotopic (exact) mass is 409 g/mol. The second-order valence-electron chi connectivity index (χ2n) is 3.41. The van der Waals surface area contributed by atoms with Crippen LogP contribution in [0.3, 0.4) is 0 Å². The molecule has 0 aliphatic rings. The molecule has 0 amide bonds. The third kappa shape index (κ3) is 3.26. The third-order valence-corrected chi connectivity index (χ3v) is 5.01. The Labute approximate surface area is 130 Å². The molecule has 0 spiro atoms. The molecular weight excluding hydrogens is 400 g/mol. The molecule has 1 aromatic heterocycles. The zero-order valence-electron chi connectivity index (χ0n) is 10.0. The van der Waals surface area contributed by atoms with Crippen LogP contribution in [0.1, 0.15) is 0 Å². The summed E-state index contributed by atoms with van der Waals surface area (Å²) in [5.74, 6) is -0.210. The molecule has 9 heteroatoms. The number of halogens is 2. The second kappa shape index (κ2) is 6.66. The summed E-state index contributed by atoms with van der Waals surface area (Å²) < 4.78 is 15.9. The van der Waals surface area contributed by atoms with E-state index in [0.29, 0.717) is 16.4 Å². The molecule has 0 saturated carbocycles. The molecule has 0 saturated heterocycles. The van der Waals surface area contributed by atoms with Gasteiger partial charge in [0.15, 0.2) is 0 Å². The summed E-state index contributed by atoms with van der Waals surface area (Å²) >= 11 is 3.46. The van der Waals surface area contributed by atoms with E-state index >= 15 is 0 Å². The van der Waals surface area contributed by atoms with Gasteiger partial charge in [-0.05, 0) is 18.4 Å². The fourth-order valence-electron chi connectivity index (χ4n) is 1.44. The first-order valence-corrected chi connectivity index (χ1v) is 9.64. The Morgan fingerprint density at radius 2 is 1.89 bits per heavy atom. The van der Waals surface area contributed by atoms with Crippen LogP contribution in [0.15, 0.2) is 23.4 Å². The van der Waals surface area contributed by atoms with Crippen molar-refractivity contribution in [2.45, 2.75) is 5.16 Å². The predicted octanol–water partition coefficient (Wildman–Crippen LogP) is 3.23. The van der Waals surface area contributed by atoms with Crippen LogP contribution < -0.4 is 4.31 Å². The molecule has 0 fully saturated rings. The summed E-state index contributed by atoms with van der Waals surface area (Å²) in [7, 11) is 3.28. The molecule has 0 unspecified atom stereocenters. The Hall–Kier alpha value is -0.680. The van der Waals surface area contributed by atoms with Gasteiger partial charge in [0.2, 0.25) is 11.0 Å². The number of rotatable bonds is 4. The van der Waals surface area contributed by atoms with Gasteiger partial charge < -0.3 is 4.31 Å². The highest BCUT2D eigenvalue weighted by molar-refractivity contribution is 14.2. The Morgan fingerprint density at radius 3 is 2.47 bits per heavy atom. The highest BCUT2D eigenvalue weighted by Crippen LogP contribution is 2.34. The van der Waals surface area contributed by atoms with Crippen molar-refractivity contribution in [2.24, 2.45) is 0 Å². The zero-order chi connectivity index (χ0) is 13.8. The molecular formula is C10H9FIN5S2. The van der Waals surface area contributed by atoms with E-state index < -0.39 is 5.82 Å². The summed E-state index contributed by atoms with van der Waals surface area (Å²) in [6.07, 6.45) is 1.83. The summed E-state index contributed by atoms with van der Waals surface area (Å²) in [5.41, 5.74) is 0.988. The highest BCUT2D eigenvalue weighted by Gasteiger charge is 2.17. The Kier molecular flexibility index (Phi) is 5.16. The van der Waals surface area contributed by atoms with E-state index in [0.717, 1.165) is 0 Å². The third-order valence-electron chi connectivity index (χ3n) is 2.30. The molecule has 0 bridgehead atoms. The SMILES string of the molecule is CSc1nnc(-c2c(F)cccc2N(C)SI)nn1. The van der Waals surface area contributed by atoms with E-state index in [1.807, 2.05) is 17.6 Å². The van der Waals surface area contributed by atoms with Crippen molar-refractivity contribution in [1.29, 1.82) is 0 Å². The van der Waals surface area contributed by atoms with Crippen LogP contribution in [0, 0.1) is 5.82 Å². The van der Waals surface area contributed by atoms with Crippen molar-refractivity contribution in [3.8, 4) is 11.4 Å². The number of nitrogens with zero attached hydrogens (tertiary/aromatic N) is 5. The van der Waals surface area contributed by atoms with Crippen molar-refractivity contribution in [1.82, 2.24) is 20.4 Å². The van der Waals surface area contributed by atoms with E-state index in [9.17, 15) is 4.39 Å². The van der Waals surface area contributed by atoms with Crippen LogP contribution in [0.5, 0.6) is 0 Å². The quantitative estimate of drug-likeness (QED) is 0.437. The van der Waals surface area contributed by atoms with Crippen molar-refractivity contribution in [3.63, 3.8) is 0 Å². The minimum Gasteiger partial charge on any atom is -0.310 e. The number of thioether (sulfide) groups is 1. The largest absolute Gasteiger partial charge is 0.310 e. The lowest BCUT2D eigenvalue weighted by Crippen LogP contribution is -2.08. The molecule has 100 valence electrons. The first-order valence-electron chi connectivity index (χ1n) is 5.10. The lowest BCUT2D eigenvalue weighted by Gasteiger charge is -2.17. The molecule has 0 N–H and O–H groups in total. The molecule has 19 heavy (non-hydrogen) atoms. The Balaban J connectivity index is 2.53. The van der Waals surface area contributed by atoms with Gasteiger partial charge in [-0.25, -0.2) is 4.39 Å². The molecule has 5 nitrogen and oxygen atoms in total. The maximum Gasteiger partial charge on any atom is 0.229 e. The number of anilines is 1. The van der Waals surface area contributed by atoms with E-state index in [2.05, 4.69) is 41.6 Å². The molecule has 0 aliphatic carbocycles. The molecule has 2 rings (SSSR count). The summed E-state index contributed by atoms with van der Waals surface area (Å²) in [4.78, 5) is 0. The Morgan fingerprint density at radius 1 is 1.21 bits per heavy atom. The minimum absolute atomic E-state index is 0.184. The van der Waals surface area contributed by atoms with Gasteiger partial charge in [-0.3, -0.25) is 0 Å². The van der Waals surface area contributed by atoms with Crippen molar-refractivity contribution >= 4 is 47.8 Å². The number of hydrogen-bond donors (Lipinski definition) is 0. The van der Waals surface area contributed by atoms with Crippen LogP contribution in [0.4, 0.5) is 10.1 Å². The molecule has 1 aromatic carbocycles. The van der Waals surface area contributed by atoms with Gasteiger partial charge in [0.25, 0.3) is 0 Å². The normalized spacial score (nSPS) is 10.5. The fourth-order valence-corrected chi connectivity index (χ4v) is 2.54. The summed E-state index contributed by atoms with van der Waals surface area (Å²) in [5, 5.41) is 16.1. The van der Waals surface area contributed by atoms with Crippen LogP contribution in [-0.2, 0) is 0 Å². The van der Waals surface area contributed by atoms with Gasteiger partial charge in [-0.2, -0.15) is 0 Å². The van der Waals surface area contributed by atoms with Crippen molar-refractivity contribution in [3.05, 3.63) is 24.0 Å². The molecule has 0 radical (unpaired) electrons. The highest BCUT2D eigenvalue weighted by atomic mass is 127. The first-order chi connectivity index (χ1) is 9.17. The second-order valence-corrected chi connectivity index (χ2v) is 6.05. The molecule has 1 heterocycles. The minimum atomic E-state index is -0.393. The zero-order valence-corrected chi connectivity index (χ0v) is 13.8. The Bertz CT molecular complexity index is 568. The molecule has 0 atom stereocenters. The van der Waals surface area contributed by atoms with Crippen LogP contribution in [-0.4, -0.2) is 33.7 Å². The van der Waals surface area contributed by atoms with Crippen molar-refractivity contribution in [2.75, 3.05) is 17.6 Å². The lowest BCUT2D eigenvalue weighted by atomic mass is 10.1. The molecule has 0 aliphatic heterocycles. The van der Waals surface area contributed by atoms with Gasteiger partial charge in [0, 0.05) is 37.4 Å². The van der Waals surface area contributed by atoms with Gasteiger partial charge >= 0.3 is 0 Å². The fraction of sp³-hybridized carbons (Fsp3) is 0.200. The van der Waals surface area contributed by atoms with Gasteiger partial charge in [0.05, 0.1) is 11.3 Å². The van der Waals surface area contributed by atoms with Gasteiger partial charge in [0.1, 0.15) is 5.82 Å². The van der Waals surface area contributed by atoms with Crippen LogP contribution in [0.2, 0.25) is 0 Å². The van der Waals surface area contributed by atoms with Crippen molar-refractivity contribution < 1.29 is 4.39 Å². The van der Waals surface area contributed by atoms with Gasteiger partial charge in [-0.1, -0.05) is 17.8 Å². The van der Waals surface area contributed by atoms with E-state index in [-0.39, 0.29) is 5.82 Å². The van der Waals surface area contributed by atoms with Crippen LogP contribution >= 0.6 is 42.1 Å². The predicted molar refractivity (Wildman–Crippen MR) is 84.8 cm³/mol. The van der Waals surface area contributed by atoms with Gasteiger partial charge in [-0.15, -0.1) is 20.4 Å². The molecule has 2 aromatic rings. The standard InChI is InChI=1S/C10H9FIN5S2/c1-17(19-12)7-5-3-4-6(11)8(7)9-13-15-10(18-2)16-14-9/h3-5H,1-2H3. The maximum absolute atomic E-state index is 14.0. The summed E-state index contributed by atoms with van der Waals surface area (Å²) in [6, 6.07) is 4.82. The average molecular weight is 409 g/mol. The number of benzene rings is 1. The van der Waals surface area contributed by atoms with Crippen LogP contribution in [0.25, 0.3) is 11.4 Å². The smallest absolute Gasteiger partial charge is 0.229 e. The van der Waals surface area contributed by atoms with E-state index in [4.69, 9.17) is 0 Å².